The number of carbonyl (C=O) groups is 2. The van der Waals surface area contributed by atoms with Crippen molar-refractivity contribution in [3.63, 3.8) is 0 Å². The van der Waals surface area contributed by atoms with Gasteiger partial charge in [0.2, 0.25) is 5.91 Å². The van der Waals surface area contributed by atoms with E-state index in [0.717, 1.165) is 12.8 Å². The Bertz CT molecular complexity index is 517. The number of hydrogen-bond acceptors (Lipinski definition) is 3. The lowest BCUT2D eigenvalue weighted by atomic mass is 10.2. The average molecular weight is 297 g/mol. The maximum Gasteiger partial charge on any atom is 0.323 e. The summed E-state index contributed by atoms with van der Waals surface area (Å²) >= 11 is 5.92. The zero-order chi connectivity index (χ0) is 14.7. The molecule has 0 bridgehead atoms. The first-order valence-corrected chi connectivity index (χ1v) is 6.83. The summed E-state index contributed by atoms with van der Waals surface area (Å²) in [6.45, 7) is -0.190. The second kappa shape index (κ2) is 6.13. The van der Waals surface area contributed by atoms with Gasteiger partial charge in [-0.1, -0.05) is 17.7 Å². The topological polar surface area (TPSA) is 60.9 Å². The lowest BCUT2D eigenvalue weighted by Gasteiger charge is -2.25. The van der Waals surface area contributed by atoms with E-state index in [1.54, 1.807) is 36.2 Å². The Morgan fingerprint density at radius 3 is 2.60 bits per heavy atom. The molecule has 1 aliphatic carbocycles. The van der Waals surface area contributed by atoms with E-state index in [0.29, 0.717) is 16.8 Å². The zero-order valence-corrected chi connectivity index (χ0v) is 12.0. The Labute approximate surface area is 122 Å². The van der Waals surface area contributed by atoms with Crippen molar-refractivity contribution >= 4 is 29.2 Å². The molecule has 5 nitrogen and oxygen atoms in total. The Hall–Kier alpha value is -1.75. The molecule has 0 heterocycles. The van der Waals surface area contributed by atoms with Gasteiger partial charge in [0.1, 0.15) is 6.54 Å². The molecule has 20 heavy (non-hydrogen) atoms. The van der Waals surface area contributed by atoms with E-state index >= 15 is 0 Å². The van der Waals surface area contributed by atoms with Gasteiger partial charge in [-0.3, -0.25) is 9.59 Å². The first-order valence-electron chi connectivity index (χ1n) is 6.45. The summed E-state index contributed by atoms with van der Waals surface area (Å²) in [6, 6.07) is 7.17. The van der Waals surface area contributed by atoms with Crippen LogP contribution in [0.2, 0.25) is 5.02 Å². The molecule has 1 N–H and O–H groups in total. The fraction of sp³-hybridized carbons (Fsp3) is 0.429. The Kier molecular flexibility index (Phi) is 4.49. The molecule has 1 aromatic carbocycles. The van der Waals surface area contributed by atoms with Crippen molar-refractivity contribution in [1.29, 1.82) is 0 Å². The third-order valence-electron chi connectivity index (χ3n) is 3.31. The van der Waals surface area contributed by atoms with Gasteiger partial charge in [-0.15, -0.1) is 0 Å². The van der Waals surface area contributed by atoms with Crippen LogP contribution in [0.15, 0.2) is 24.3 Å². The zero-order valence-electron chi connectivity index (χ0n) is 11.3. The van der Waals surface area contributed by atoms with Crippen molar-refractivity contribution < 1.29 is 14.7 Å². The number of hydrogen-bond donors (Lipinski definition) is 1. The number of benzene rings is 1. The molecular formula is C14H17ClN2O3. The van der Waals surface area contributed by atoms with Crippen molar-refractivity contribution in [1.82, 2.24) is 4.90 Å². The van der Waals surface area contributed by atoms with E-state index < -0.39 is 5.97 Å². The smallest absolute Gasteiger partial charge is 0.323 e. The van der Waals surface area contributed by atoms with Crippen LogP contribution in [0, 0.1) is 0 Å². The van der Waals surface area contributed by atoms with Crippen molar-refractivity contribution in [2.45, 2.75) is 18.9 Å². The third kappa shape index (κ3) is 3.87. The van der Waals surface area contributed by atoms with Crippen LogP contribution < -0.4 is 4.90 Å². The van der Waals surface area contributed by atoms with Gasteiger partial charge in [0, 0.05) is 23.8 Å². The monoisotopic (exact) mass is 296 g/mol. The predicted octanol–water partition coefficient (Wildman–Crippen LogP) is 1.85. The van der Waals surface area contributed by atoms with Crippen LogP contribution in [0.4, 0.5) is 5.69 Å². The molecule has 0 atom stereocenters. The molecule has 0 aliphatic heterocycles. The van der Waals surface area contributed by atoms with Gasteiger partial charge < -0.3 is 14.9 Å². The number of aliphatic carboxylic acids is 1. The molecule has 1 saturated carbocycles. The second-order valence-electron chi connectivity index (χ2n) is 4.97. The quantitative estimate of drug-likeness (QED) is 0.870. The van der Waals surface area contributed by atoms with Crippen LogP contribution in [-0.2, 0) is 9.59 Å². The molecule has 0 saturated heterocycles. The lowest BCUT2D eigenvalue weighted by Crippen LogP contribution is -2.41. The normalized spacial score (nSPS) is 13.9. The maximum atomic E-state index is 12.1. The summed E-state index contributed by atoms with van der Waals surface area (Å²) in [5, 5.41) is 9.50. The van der Waals surface area contributed by atoms with Gasteiger partial charge in [0.05, 0.1) is 6.54 Å². The van der Waals surface area contributed by atoms with Gasteiger partial charge in [0.25, 0.3) is 0 Å². The van der Waals surface area contributed by atoms with Crippen molar-refractivity contribution in [2.75, 3.05) is 25.0 Å². The third-order valence-corrected chi connectivity index (χ3v) is 3.55. The highest BCUT2D eigenvalue weighted by molar-refractivity contribution is 6.30. The van der Waals surface area contributed by atoms with Crippen molar-refractivity contribution in [2.24, 2.45) is 0 Å². The summed E-state index contributed by atoms with van der Waals surface area (Å²) in [5.74, 6) is -1.06. The highest BCUT2D eigenvalue weighted by Gasteiger charge is 2.30. The Balaban J connectivity index is 2.10. The van der Waals surface area contributed by atoms with Crippen LogP contribution in [0.25, 0.3) is 0 Å². The number of carbonyl (C=O) groups excluding carboxylic acids is 1. The van der Waals surface area contributed by atoms with Crippen LogP contribution in [0.1, 0.15) is 12.8 Å². The summed E-state index contributed by atoms with van der Waals surface area (Å²) in [4.78, 5) is 26.3. The number of nitrogens with zero attached hydrogens (tertiary/aromatic N) is 2. The fourth-order valence-electron chi connectivity index (χ4n) is 2.01. The Morgan fingerprint density at radius 1 is 1.35 bits per heavy atom. The molecular weight excluding hydrogens is 280 g/mol. The first-order chi connectivity index (χ1) is 9.47. The number of amides is 1. The number of halogens is 1. The van der Waals surface area contributed by atoms with E-state index in [2.05, 4.69) is 0 Å². The minimum absolute atomic E-state index is 0.0413. The number of carboxylic acid groups (broad SMARTS) is 1. The van der Waals surface area contributed by atoms with Gasteiger partial charge in [-0.2, -0.15) is 0 Å². The van der Waals surface area contributed by atoms with E-state index in [9.17, 15) is 9.59 Å². The highest BCUT2D eigenvalue weighted by atomic mass is 35.5. The van der Waals surface area contributed by atoms with Crippen LogP contribution in [0.3, 0.4) is 0 Å². The number of likely N-dealkylation sites (N-methyl/N-ethyl adjacent to an activating group) is 1. The molecule has 1 aliphatic rings. The predicted molar refractivity (Wildman–Crippen MR) is 77.1 cm³/mol. The first kappa shape index (κ1) is 14.7. The van der Waals surface area contributed by atoms with Gasteiger partial charge >= 0.3 is 5.97 Å². The van der Waals surface area contributed by atoms with Crippen LogP contribution in [0.5, 0.6) is 0 Å². The van der Waals surface area contributed by atoms with Gasteiger partial charge in [-0.05, 0) is 31.0 Å². The number of carboxylic acids is 1. The van der Waals surface area contributed by atoms with E-state index in [1.807, 2.05) is 0 Å². The molecule has 1 amide bonds. The Morgan fingerprint density at radius 2 is 2.05 bits per heavy atom. The van der Waals surface area contributed by atoms with Crippen LogP contribution >= 0.6 is 11.6 Å². The van der Waals surface area contributed by atoms with Gasteiger partial charge in [-0.25, -0.2) is 0 Å². The van der Waals surface area contributed by atoms with Crippen molar-refractivity contribution in [3.8, 4) is 0 Å². The number of rotatable bonds is 6. The van der Waals surface area contributed by atoms with Gasteiger partial charge in [0.15, 0.2) is 0 Å². The standard InChI is InChI=1S/C14H17ClN2O3/c1-16(11-5-6-11)13(18)8-17(9-14(19)20)12-4-2-3-10(15)7-12/h2-4,7,11H,5-6,8-9H2,1H3,(H,19,20). The molecule has 0 unspecified atom stereocenters. The average Bonchev–Trinajstić information content (AvgIpc) is 3.20. The summed E-state index contributed by atoms with van der Waals surface area (Å²) in [5.41, 5.74) is 0.637. The number of anilines is 1. The maximum absolute atomic E-state index is 12.1. The summed E-state index contributed by atoms with van der Waals surface area (Å²) in [6.07, 6.45) is 2.05. The fourth-order valence-corrected chi connectivity index (χ4v) is 2.20. The second-order valence-corrected chi connectivity index (χ2v) is 5.40. The molecule has 0 aromatic heterocycles. The SMILES string of the molecule is CN(C(=O)CN(CC(=O)O)c1cccc(Cl)c1)C1CC1. The minimum Gasteiger partial charge on any atom is -0.480 e. The summed E-state index contributed by atoms with van der Waals surface area (Å²) < 4.78 is 0. The molecule has 0 spiro atoms. The molecule has 0 radical (unpaired) electrons. The molecule has 108 valence electrons. The van der Waals surface area contributed by atoms with Crippen molar-refractivity contribution in [3.05, 3.63) is 29.3 Å². The highest BCUT2D eigenvalue weighted by Crippen LogP contribution is 2.26. The van der Waals surface area contributed by atoms with Crippen LogP contribution in [-0.4, -0.2) is 48.1 Å². The van der Waals surface area contributed by atoms with E-state index in [-0.39, 0.29) is 19.0 Å². The molecule has 2 rings (SSSR count). The van der Waals surface area contributed by atoms with E-state index in [1.165, 1.54) is 4.90 Å². The summed E-state index contributed by atoms with van der Waals surface area (Å²) in [7, 11) is 1.76. The largest absolute Gasteiger partial charge is 0.480 e. The lowest BCUT2D eigenvalue weighted by molar-refractivity contribution is -0.135. The minimum atomic E-state index is -0.980. The molecule has 1 fully saturated rings. The van der Waals surface area contributed by atoms with E-state index in [4.69, 9.17) is 16.7 Å². The molecule has 1 aromatic rings. The molecule has 6 heteroatoms.